The van der Waals surface area contributed by atoms with Crippen LogP contribution >= 0.6 is 0 Å². The van der Waals surface area contributed by atoms with Crippen LogP contribution < -0.4 is 4.74 Å². The van der Waals surface area contributed by atoms with Gasteiger partial charge < -0.3 is 14.5 Å². The molecular weight excluding hydrogens is 348 g/mol. The first-order valence-electron chi connectivity index (χ1n) is 10.4. The zero-order valence-corrected chi connectivity index (χ0v) is 17.8. The van der Waals surface area contributed by atoms with Crippen LogP contribution in [0.2, 0.25) is 0 Å². The number of benzene rings is 1. The maximum absolute atomic E-state index is 12.8. The van der Waals surface area contributed by atoms with Gasteiger partial charge in [0.05, 0.1) is 6.54 Å². The van der Waals surface area contributed by atoms with Crippen molar-refractivity contribution in [1.29, 1.82) is 0 Å². The molecule has 1 saturated heterocycles. The first-order chi connectivity index (χ1) is 13.6. The van der Waals surface area contributed by atoms with Crippen molar-refractivity contribution < 1.29 is 9.53 Å². The zero-order chi connectivity index (χ0) is 20.5. The summed E-state index contributed by atoms with van der Waals surface area (Å²) in [6.07, 6.45) is 9.19. The Hall–Kier alpha value is -2.49. The molecule has 0 unspecified atom stereocenters. The van der Waals surface area contributed by atoms with Gasteiger partial charge in [0.25, 0.3) is 0 Å². The number of carbonyl (C=O) groups excluding carboxylic acids is 1. The van der Waals surface area contributed by atoms with Crippen LogP contribution in [-0.4, -0.2) is 48.6 Å². The lowest BCUT2D eigenvalue weighted by molar-refractivity contribution is 0.149. The average molecular weight is 383 g/mol. The number of fused-ring (bicyclic) bond motifs is 2. The second-order valence-electron chi connectivity index (χ2n) is 6.91. The van der Waals surface area contributed by atoms with Crippen LogP contribution in [0.3, 0.4) is 0 Å². The summed E-state index contributed by atoms with van der Waals surface area (Å²) < 4.78 is 6.01. The molecule has 152 valence electrons. The van der Waals surface area contributed by atoms with E-state index in [0.29, 0.717) is 13.2 Å². The molecule has 0 bridgehead atoms. The number of hydrogen-bond acceptors (Lipinski definition) is 2. The molecule has 0 N–H and O–H groups in total. The van der Waals surface area contributed by atoms with Crippen molar-refractivity contribution in [2.75, 3.05) is 26.7 Å². The predicted octanol–water partition coefficient (Wildman–Crippen LogP) is 5.53. The van der Waals surface area contributed by atoms with Crippen LogP contribution in [0.25, 0.3) is 5.57 Å². The smallest absolute Gasteiger partial charge is 0.320 e. The summed E-state index contributed by atoms with van der Waals surface area (Å²) in [4.78, 5) is 16.6. The van der Waals surface area contributed by atoms with Crippen LogP contribution in [0.1, 0.15) is 45.6 Å². The highest BCUT2D eigenvalue weighted by atomic mass is 16.5. The SMILES string of the molecule is C=C/C1=C\C(=C/C)C[C@H]2CCCN2C(=O)N(C)CCOc2ccccc21.CC. The van der Waals surface area contributed by atoms with E-state index in [1.807, 2.05) is 50.1 Å². The number of nitrogens with zero attached hydrogens (tertiary/aromatic N) is 2. The lowest BCUT2D eigenvalue weighted by Crippen LogP contribution is -2.45. The fourth-order valence-electron chi connectivity index (χ4n) is 3.72. The number of hydrogen-bond donors (Lipinski definition) is 0. The Kier molecular flexibility index (Phi) is 8.37. The molecule has 0 radical (unpaired) electrons. The van der Waals surface area contributed by atoms with Gasteiger partial charge >= 0.3 is 6.03 Å². The standard InChI is InChI=1S/C22H28N2O2.C2H6/c1-4-17-15-18(5-2)20-10-6-7-11-21(20)26-14-13-23(3)22(25)24-12-8-9-19(24)16-17;1-2/h4-7,10-11,15,19H,2,8-9,12-14,16H2,1,3H3;1-2H3/b17-4+,18-15+;/t19-;/m1./s1. The third-order valence-electron chi connectivity index (χ3n) is 5.23. The molecule has 28 heavy (non-hydrogen) atoms. The number of urea groups is 1. The summed E-state index contributed by atoms with van der Waals surface area (Å²) in [6, 6.07) is 8.39. The van der Waals surface area contributed by atoms with Gasteiger partial charge in [-0.15, -0.1) is 0 Å². The van der Waals surface area contributed by atoms with E-state index in [-0.39, 0.29) is 12.1 Å². The summed E-state index contributed by atoms with van der Waals surface area (Å²) in [5, 5.41) is 0. The van der Waals surface area contributed by atoms with Crippen molar-refractivity contribution in [3.05, 3.63) is 60.2 Å². The minimum atomic E-state index is 0.104. The molecule has 0 spiro atoms. The maximum atomic E-state index is 12.8. The summed E-state index contributed by atoms with van der Waals surface area (Å²) in [6.45, 7) is 11.9. The topological polar surface area (TPSA) is 32.8 Å². The minimum Gasteiger partial charge on any atom is -0.491 e. The van der Waals surface area contributed by atoms with E-state index in [0.717, 1.165) is 42.7 Å². The summed E-state index contributed by atoms with van der Waals surface area (Å²) in [7, 11) is 1.86. The quantitative estimate of drug-likeness (QED) is 0.640. The number of ether oxygens (including phenoxy) is 1. The Labute approximate surface area is 170 Å². The first kappa shape index (κ1) is 21.8. The van der Waals surface area contributed by atoms with Gasteiger partial charge in [-0.3, -0.25) is 0 Å². The Bertz CT molecular complexity index is 736. The van der Waals surface area contributed by atoms with Gasteiger partial charge in [-0.1, -0.05) is 56.9 Å². The zero-order valence-electron chi connectivity index (χ0n) is 17.8. The summed E-state index contributed by atoms with van der Waals surface area (Å²) in [5.41, 5.74) is 3.32. The lowest BCUT2D eigenvalue weighted by Gasteiger charge is -2.29. The summed E-state index contributed by atoms with van der Waals surface area (Å²) in [5.74, 6) is 0.828. The third-order valence-corrected chi connectivity index (χ3v) is 5.23. The predicted molar refractivity (Wildman–Crippen MR) is 118 cm³/mol. The molecule has 0 aliphatic carbocycles. The van der Waals surface area contributed by atoms with Crippen LogP contribution in [0.5, 0.6) is 5.75 Å². The number of allylic oxidation sites excluding steroid dienone is 4. The van der Waals surface area contributed by atoms with E-state index in [9.17, 15) is 4.79 Å². The molecule has 2 heterocycles. The van der Waals surface area contributed by atoms with E-state index in [4.69, 9.17) is 4.74 Å². The molecule has 2 aliphatic heterocycles. The van der Waals surface area contributed by atoms with Crippen LogP contribution in [0.15, 0.2) is 54.6 Å². The van der Waals surface area contributed by atoms with Gasteiger partial charge in [0.1, 0.15) is 12.4 Å². The normalized spacial score (nSPS) is 23.6. The molecule has 2 amide bonds. The lowest BCUT2D eigenvalue weighted by atomic mass is 9.97. The number of para-hydroxylation sites is 1. The van der Waals surface area contributed by atoms with E-state index >= 15 is 0 Å². The third kappa shape index (κ3) is 5.06. The van der Waals surface area contributed by atoms with Crippen molar-refractivity contribution in [3.8, 4) is 5.75 Å². The van der Waals surface area contributed by atoms with Crippen LogP contribution in [0, 0.1) is 0 Å². The molecule has 4 nitrogen and oxygen atoms in total. The number of carbonyl (C=O) groups is 1. The van der Waals surface area contributed by atoms with Gasteiger partial charge in [0, 0.05) is 25.2 Å². The van der Waals surface area contributed by atoms with E-state index in [2.05, 4.69) is 31.7 Å². The Morgan fingerprint density at radius 1 is 1.21 bits per heavy atom. The van der Waals surface area contributed by atoms with Gasteiger partial charge in [-0.25, -0.2) is 4.79 Å². The molecule has 4 heteroatoms. The number of likely N-dealkylation sites (N-methyl/N-ethyl adjacent to an activating group) is 1. The monoisotopic (exact) mass is 382 g/mol. The molecule has 0 aromatic heterocycles. The summed E-state index contributed by atoms with van der Waals surface area (Å²) >= 11 is 0. The second kappa shape index (κ2) is 10.7. The van der Waals surface area contributed by atoms with Gasteiger partial charge in [-0.05, 0) is 43.4 Å². The largest absolute Gasteiger partial charge is 0.491 e. The average Bonchev–Trinajstić information content (AvgIpc) is 3.20. The number of rotatable bonds is 1. The van der Waals surface area contributed by atoms with E-state index in [1.165, 1.54) is 5.57 Å². The Balaban J connectivity index is 0.00000136. The second-order valence-corrected chi connectivity index (χ2v) is 6.91. The van der Waals surface area contributed by atoms with Crippen LogP contribution in [0.4, 0.5) is 4.79 Å². The van der Waals surface area contributed by atoms with E-state index < -0.39 is 0 Å². The van der Waals surface area contributed by atoms with Gasteiger partial charge in [0.15, 0.2) is 0 Å². The molecule has 1 aromatic rings. The molecule has 1 aromatic carbocycles. The van der Waals surface area contributed by atoms with Crippen molar-refractivity contribution in [3.63, 3.8) is 0 Å². The van der Waals surface area contributed by atoms with Crippen molar-refractivity contribution in [2.24, 2.45) is 0 Å². The highest BCUT2D eigenvalue weighted by Crippen LogP contribution is 2.31. The van der Waals surface area contributed by atoms with Crippen molar-refractivity contribution >= 4 is 11.6 Å². The highest BCUT2D eigenvalue weighted by molar-refractivity contribution is 5.79. The molecule has 3 rings (SSSR count). The molecule has 0 saturated carbocycles. The van der Waals surface area contributed by atoms with Crippen molar-refractivity contribution in [2.45, 2.75) is 46.1 Å². The Morgan fingerprint density at radius 3 is 2.68 bits per heavy atom. The molecular formula is C24H34N2O2. The maximum Gasteiger partial charge on any atom is 0.320 e. The Morgan fingerprint density at radius 2 is 1.96 bits per heavy atom. The molecule has 1 fully saturated rings. The van der Waals surface area contributed by atoms with Crippen LogP contribution in [-0.2, 0) is 0 Å². The van der Waals surface area contributed by atoms with Gasteiger partial charge in [0.2, 0.25) is 0 Å². The first-order valence-corrected chi connectivity index (χ1v) is 10.4. The molecule has 1 atom stereocenters. The van der Waals surface area contributed by atoms with E-state index in [1.54, 1.807) is 4.90 Å². The fraction of sp³-hybridized carbons (Fsp3) is 0.458. The number of amides is 2. The molecule has 2 aliphatic rings. The fourth-order valence-corrected chi connectivity index (χ4v) is 3.72. The van der Waals surface area contributed by atoms with Crippen molar-refractivity contribution in [1.82, 2.24) is 9.80 Å². The minimum absolute atomic E-state index is 0.104. The van der Waals surface area contributed by atoms with Gasteiger partial charge in [-0.2, -0.15) is 0 Å². The highest BCUT2D eigenvalue weighted by Gasteiger charge is 2.31.